The predicted octanol–water partition coefficient (Wildman–Crippen LogP) is 2.03. The lowest BCUT2D eigenvalue weighted by Crippen LogP contribution is -2.49. The molecule has 3 N–H and O–H groups in total. The monoisotopic (exact) mass is 465 g/mol. The van der Waals surface area contributed by atoms with Gasteiger partial charge in [-0.2, -0.15) is 0 Å². The number of likely N-dealkylation sites (N-methyl/N-ethyl adjacent to an activating group) is 1. The average molecular weight is 465 g/mol. The van der Waals surface area contributed by atoms with Crippen molar-refractivity contribution in [3.63, 3.8) is 0 Å². The van der Waals surface area contributed by atoms with Crippen LogP contribution in [0.5, 0.6) is 0 Å². The van der Waals surface area contributed by atoms with Crippen LogP contribution in [0.4, 0.5) is 0 Å². The molecule has 0 aromatic rings. The van der Waals surface area contributed by atoms with E-state index in [9.17, 15) is 4.79 Å². The van der Waals surface area contributed by atoms with Gasteiger partial charge >= 0.3 is 0 Å². The molecule has 146 valence electrons. The van der Waals surface area contributed by atoms with E-state index in [1.807, 2.05) is 7.05 Å². The zero-order valence-corrected chi connectivity index (χ0v) is 18.2. The van der Waals surface area contributed by atoms with Crippen molar-refractivity contribution in [2.75, 3.05) is 40.3 Å². The number of hydrogen-bond acceptors (Lipinski definition) is 3. The highest BCUT2D eigenvalue weighted by molar-refractivity contribution is 14.0. The number of guanidine groups is 1. The molecule has 0 radical (unpaired) electrons. The molecule has 1 amide bonds. The highest BCUT2D eigenvalue weighted by atomic mass is 127. The Morgan fingerprint density at radius 1 is 1.24 bits per heavy atom. The first kappa shape index (κ1) is 22.5. The molecule has 1 aliphatic carbocycles. The van der Waals surface area contributed by atoms with E-state index in [4.69, 9.17) is 5.73 Å². The van der Waals surface area contributed by atoms with Gasteiger partial charge in [0.05, 0.1) is 0 Å². The maximum atomic E-state index is 11.2. The Balaban J connectivity index is 0.00000312. The van der Waals surface area contributed by atoms with E-state index in [1.165, 1.54) is 32.1 Å². The quantitative estimate of drug-likeness (QED) is 0.358. The molecule has 1 aliphatic heterocycles. The van der Waals surface area contributed by atoms with Crippen LogP contribution >= 0.6 is 24.0 Å². The number of likely N-dealkylation sites (tertiary alicyclic amines) is 1. The number of nitrogens with two attached hydrogens (primary N) is 1. The highest BCUT2D eigenvalue weighted by Crippen LogP contribution is 2.21. The minimum Gasteiger partial charge on any atom is -0.370 e. The number of primary amides is 1. The van der Waals surface area contributed by atoms with Crippen molar-refractivity contribution < 1.29 is 4.79 Å². The maximum Gasteiger partial charge on any atom is 0.217 e. The Hall–Kier alpha value is -0.570. The molecule has 1 heterocycles. The summed E-state index contributed by atoms with van der Waals surface area (Å²) in [7, 11) is 4.08. The molecule has 1 atom stereocenters. The van der Waals surface area contributed by atoms with Crippen LogP contribution < -0.4 is 11.1 Å². The van der Waals surface area contributed by atoms with E-state index in [0.29, 0.717) is 12.3 Å². The summed E-state index contributed by atoms with van der Waals surface area (Å²) in [5, 5.41) is 3.50. The predicted molar refractivity (Wildman–Crippen MR) is 114 cm³/mol. The van der Waals surface area contributed by atoms with Gasteiger partial charge in [0.15, 0.2) is 5.96 Å². The van der Waals surface area contributed by atoms with Gasteiger partial charge in [0, 0.05) is 45.7 Å². The lowest BCUT2D eigenvalue weighted by molar-refractivity contribution is -0.119. The molecule has 1 saturated heterocycles. The zero-order valence-electron chi connectivity index (χ0n) is 15.9. The van der Waals surface area contributed by atoms with E-state index < -0.39 is 0 Å². The van der Waals surface area contributed by atoms with Crippen LogP contribution in [0.15, 0.2) is 4.99 Å². The molecule has 2 fully saturated rings. The standard InChI is InChI=1S/C18H35N5O.HI/c1-20-18(23-11-6-7-15(14-23)13-17(19)24)21-10-12-22(2)16-8-4-3-5-9-16;/h15-16H,3-14H2,1-2H3,(H2,19,24)(H,20,21);1H. The summed E-state index contributed by atoms with van der Waals surface area (Å²) in [6, 6.07) is 0.748. The summed E-state index contributed by atoms with van der Waals surface area (Å²) in [6.45, 7) is 3.84. The van der Waals surface area contributed by atoms with Crippen LogP contribution in [-0.4, -0.2) is 68.0 Å². The molecule has 0 spiro atoms. The van der Waals surface area contributed by atoms with Gasteiger partial charge in [-0.15, -0.1) is 24.0 Å². The Kier molecular flexibility index (Phi) is 10.7. The van der Waals surface area contributed by atoms with Crippen molar-refractivity contribution in [1.82, 2.24) is 15.1 Å². The maximum absolute atomic E-state index is 11.2. The molecule has 7 heteroatoms. The topological polar surface area (TPSA) is 74.0 Å². The molecule has 1 unspecified atom stereocenters. The van der Waals surface area contributed by atoms with E-state index in [1.54, 1.807) is 0 Å². The van der Waals surface area contributed by atoms with Crippen LogP contribution in [0.3, 0.4) is 0 Å². The number of hydrogen-bond donors (Lipinski definition) is 2. The number of aliphatic imine (C=N–C) groups is 1. The van der Waals surface area contributed by atoms with Crippen LogP contribution in [0, 0.1) is 5.92 Å². The van der Waals surface area contributed by atoms with Crippen molar-refractivity contribution in [1.29, 1.82) is 0 Å². The molecule has 1 saturated carbocycles. The third-order valence-electron chi connectivity index (χ3n) is 5.47. The SMILES string of the molecule is CN=C(NCCN(C)C1CCCCC1)N1CCCC(CC(N)=O)C1.I. The summed E-state index contributed by atoms with van der Waals surface area (Å²) in [4.78, 5) is 20.4. The number of amides is 1. The summed E-state index contributed by atoms with van der Waals surface area (Å²) >= 11 is 0. The van der Waals surface area contributed by atoms with Crippen LogP contribution in [0.2, 0.25) is 0 Å². The summed E-state index contributed by atoms with van der Waals surface area (Å²) in [5.41, 5.74) is 5.35. The second-order valence-corrected chi connectivity index (χ2v) is 7.37. The first-order valence-electron chi connectivity index (χ1n) is 9.54. The summed E-state index contributed by atoms with van der Waals surface area (Å²) in [6.07, 6.45) is 9.49. The fraction of sp³-hybridized carbons (Fsp3) is 0.889. The van der Waals surface area contributed by atoms with Gasteiger partial charge in [-0.05, 0) is 38.6 Å². The minimum absolute atomic E-state index is 0. The van der Waals surface area contributed by atoms with E-state index >= 15 is 0 Å². The van der Waals surface area contributed by atoms with Gasteiger partial charge < -0.3 is 20.9 Å². The molecule has 0 bridgehead atoms. The van der Waals surface area contributed by atoms with Gasteiger partial charge in [0.1, 0.15) is 0 Å². The Bertz CT molecular complexity index is 426. The number of rotatable bonds is 6. The first-order chi connectivity index (χ1) is 11.6. The number of nitrogens with zero attached hydrogens (tertiary/aromatic N) is 3. The fourth-order valence-corrected chi connectivity index (χ4v) is 4.09. The van der Waals surface area contributed by atoms with Gasteiger partial charge in [0.25, 0.3) is 0 Å². The van der Waals surface area contributed by atoms with Gasteiger partial charge in [-0.3, -0.25) is 9.79 Å². The molecule has 2 aliphatic rings. The number of piperidine rings is 1. The highest BCUT2D eigenvalue weighted by Gasteiger charge is 2.23. The Morgan fingerprint density at radius 2 is 1.96 bits per heavy atom. The van der Waals surface area contributed by atoms with E-state index in [2.05, 4.69) is 27.2 Å². The second kappa shape index (κ2) is 11.9. The Labute approximate surface area is 170 Å². The van der Waals surface area contributed by atoms with Gasteiger partial charge in [-0.1, -0.05) is 19.3 Å². The molecule has 2 rings (SSSR count). The second-order valence-electron chi connectivity index (χ2n) is 7.37. The fourth-order valence-electron chi connectivity index (χ4n) is 4.09. The first-order valence-corrected chi connectivity index (χ1v) is 9.54. The van der Waals surface area contributed by atoms with Crippen molar-refractivity contribution in [2.45, 2.75) is 57.4 Å². The third kappa shape index (κ3) is 7.68. The van der Waals surface area contributed by atoms with Crippen LogP contribution in [0.25, 0.3) is 0 Å². The van der Waals surface area contributed by atoms with Crippen molar-refractivity contribution in [3.05, 3.63) is 0 Å². The molecular formula is C18H36IN5O. The number of halogens is 1. The van der Waals surface area contributed by atoms with E-state index in [0.717, 1.165) is 51.0 Å². The number of carbonyl (C=O) groups excluding carboxylic acids is 1. The van der Waals surface area contributed by atoms with Crippen LogP contribution in [-0.2, 0) is 4.79 Å². The van der Waals surface area contributed by atoms with Crippen molar-refractivity contribution >= 4 is 35.8 Å². The molecule has 0 aromatic carbocycles. The zero-order chi connectivity index (χ0) is 17.4. The number of carbonyl (C=O) groups is 1. The lowest BCUT2D eigenvalue weighted by atomic mass is 9.94. The molecular weight excluding hydrogens is 429 g/mol. The Morgan fingerprint density at radius 3 is 2.60 bits per heavy atom. The van der Waals surface area contributed by atoms with Gasteiger partial charge in [0.2, 0.25) is 5.91 Å². The normalized spacial score (nSPS) is 22.6. The molecule has 0 aromatic heterocycles. The lowest BCUT2D eigenvalue weighted by Gasteiger charge is -2.35. The van der Waals surface area contributed by atoms with Crippen molar-refractivity contribution in [2.24, 2.45) is 16.6 Å². The van der Waals surface area contributed by atoms with E-state index in [-0.39, 0.29) is 29.9 Å². The summed E-state index contributed by atoms with van der Waals surface area (Å²) < 4.78 is 0. The van der Waals surface area contributed by atoms with Crippen molar-refractivity contribution in [3.8, 4) is 0 Å². The van der Waals surface area contributed by atoms with Gasteiger partial charge in [-0.25, -0.2) is 0 Å². The number of nitrogens with one attached hydrogen (secondary N) is 1. The molecule has 25 heavy (non-hydrogen) atoms. The summed E-state index contributed by atoms with van der Waals surface area (Å²) in [5.74, 6) is 1.12. The molecule has 6 nitrogen and oxygen atoms in total. The van der Waals surface area contributed by atoms with Crippen LogP contribution in [0.1, 0.15) is 51.4 Å². The third-order valence-corrected chi connectivity index (χ3v) is 5.47. The largest absolute Gasteiger partial charge is 0.370 e. The minimum atomic E-state index is -0.195. The smallest absolute Gasteiger partial charge is 0.217 e. The average Bonchev–Trinajstić information content (AvgIpc) is 2.59.